The van der Waals surface area contributed by atoms with Crippen LogP contribution in [0.25, 0.3) is 0 Å². The molecule has 0 saturated heterocycles. The van der Waals surface area contributed by atoms with Crippen molar-refractivity contribution in [3.05, 3.63) is 61.6 Å². The summed E-state index contributed by atoms with van der Waals surface area (Å²) in [5, 5.41) is 3.48. The fraction of sp³-hybridized carbons (Fsp3) is 0.333. The van der Waals surface area contributed by atoms with Gasteiger partial charge in [0, 0.05) is 26.7 Å². The number of hydrogen-bond acceptors (Lipinski definition) is 4. The first-order valence-corrected chi connectivity index (χ1v) is 13.4. The number of halogens is 3. The second-order valence-corrected chi connectivity index (χ2v) is 11.1. The largest absolute Gasteiger partial charge is 0.355 e. The second-order valence-electron chi connectivity index (χ2n) is 7.07. The lowest BCUT2D eigenvalue weighted by Crippen LogP contribution is -2.51. The molecular weight excluding hydrogens is 588 g/mol. The molecule has 0 aliphatic rings. The molecule has 1 N–H and O–H groups in total. The molecule has 0 unspecified atom stereocenters. The fourth-order valence-electron chi connectivity index (χ4n) is 2.96. The number of nitrogens with one attached hydrogen (secondary N) is 1. The molecule has 32 heavy (non-hydrogen) atoms. The molecule has 2 aromatic rings. The number of carbonyl (C=O) groups is 2. The molecule has 0 spiro atoms. The van der Waals surface area contributed by atoms with Gasteiger partial charge in [0.1, 0.15) is 12.6 Å². The van der Waals surface area contributed by atoms with Crippen LogP contribution in [-0.4, -0.2) is 50.5 Å². The van der Waals surface area contributed by atoms with Gasteiger partial charge < -0.3 is 10.2 Å². The number of sulfonamides is 1. The third kappa shape index (κ3) is 7.23. The lowest BCUT2D eigenvalue weighted by molar-refractivity contribution is -0.139. The minimum absolute atomic E-state index is 0.0113. The van der Waals surface area contributed by atoms with Crippen LogP contribution in [-0.2, 0) is 26.2 Å². The van der Waals surface area contributed by atoms with Crippen molar-refractivity contribution in [2.24, 2.45) is 0 Å². The zero-order valence-electron chi connectivity index (χ0n) is 17.8. The Morgan fingerprint density at radius 2 is 1.75 bits per heavy atom. The van der Waals surface area contributed by atoms with Gasteiger partial charge in [-0.25, -0.2) is 8.42 Å². The lowest BCUT2D eigenvalue weighted by atomic mass is 10.1. The zero-order valence-corrected chi connectivity index (χ0v) is 22.3. The van der Waals surface area contributed by atoms with E-state index in [0.29, 0.717) is 27.8 Å². The summed E-state index contributed by atoms with van der Waals surface area (Å²) in [6, 6.07) is 10.8. The van der Waals surface area contributed by atoms with Gasteiger partial charge in [-0.05, 0) is 78.4 Å². The number of carbonyl (C=O) groups excluding carboxylic acids is 2. The van der Waals surface area contributed by atoms with Crippen molar-refractivity contribution in [2.45, 2.75) is 26.4 Å². The molecule has 0 bridgehead atoms. The first-order valence-electron chi connectivity index (χ1n) is 9.68. The molecule has 0 heterocycles. The molecule has 0 aromatic heterocycles. The molecule has 2 aromatic carbocycles. The minimum Gasteiger partial charge on any atom is -0.355 e. The van der Waals surface area contributed by atoms with E-state index in [1.54, 1.807) is 56.3 Å². The van der Waals surface area contributed by atoms with Gasteiger partial charge in [0.25, 0.3) is 0 Å². The molecular formula is C21H24Cl2IN3O4S. The van der Waals surface area contributed by atoms with E-state index in [1.807, 2.05) is 0 Å². The second kappa shape index (κ2) is 11.5. The highest BCUT2D eigenvalue weighted by molar-refractivity contribution is 14.1. The number of hydrogen-bond donors (Lipinski definition) is 1. The Morgan fingerprint density at radius 1 is 1.12 bits per heavy atom. The number of amides is 2. The van der Waals surface area contributed by atoms with Crippen LogP contribution in [0, 0.1) is 3.57 Å². The Morgan fingerprint density at radius 3 is 2.28 bits per heavy atom. The smallest absolute Gasteiger partial charge is 0.244 e. The van der Waals surface area contributed by atoms with Crippen molar-refractivity contribution >= 4 is 73.3 Å². The van der Waals surface area contributed by atoms with E-state index >= 15 is 0 Å². The quantitative estimate of drug-likeness (QED) is 0.436. The summed E-state index contributed by atoms with van der Waals surface area (Å²) in [5.74, 6) is -0.898. The van der Waals surface area contributed by atoms with Crippen molar-refractivity contribution in [1.82, 2.24) is 10.2 Å². The van der Waals surface area contributed by atoms with Crippen molar-refractivity contribution in [1.29, 1.82) is 0 Å². The fourth-order valence-corrected chi connectivity index (χ4v) is 4.64. The topological polar surface area (TPSA) is 86.8 Å². The van der Waals surface area contributed by atoms with Gasteiger partial charge >= 0.3 is 0 Å². The summed E-state index contributed by atoms with van der Waals surface area (Å²) < 4.78 is 26.9. The standard InChI is InChI=1S/C21H24Cl2IN3O4S/c1-4-25-21(29)14(2)26(12-15-5-6-16(22)11-19(15)23)20(28)13-27(32(3,30)31)18-9-7-17(24)8-10-18/h5-11,14H,4,12-13H2,1-3H3,(H,25,29)/t14-/m1/s1. The van der Waals surface area contributed by atoms with Crippen LogP contribution >= 0.6 is 45.8 Å². The van der Waals surface area contributed by atoms with Gasteiger partial charge in [-0.1, -0.05) is 29.3 Å². The number of nitrogens with zero attached hydrogens (tertiary/aromatic N) is 2. The van der Waals surface area contributed by atoms with Crippen LogP contribution in [0.5, 0.6) is 0 Å². The minimum atomic E-state index is -3.76. The monoisotopic (exact) mass is 611 g/mol. The summed E-state index contributed by atoms with van der Waals surface area (Å²) in [7, 11) is -3.76. The van der Waals surface area contributed by atoms with E-state index < -0.39 is 28.5 Å². The van der Waals surface area contributed by atoms with E-state index in [1.165, 1.54) is 4.90 Å². The summed E-state index contributed by atoms with van der Waals surface area (Å²) in [5.41, 5.74) is 0.942. The van der Waals surface area contributed by atoms with Crippen LogP contribution in [0.15, 0.2) is 42.5 Å². The van der Waals surface area contributed by atoms with Crippen LogP contribution in [0.4, 0.5) is 5.69 Å². The molecule has 0 saturated carbocycles. The maximum atomic E-state index is 13.3. The number of likely N-dealkylation sites (N-methyl/N-ethyl adjacent to an activating group) is 1. The third-order valence-electron chi connectivity index (χ3n) is 4.67. The normalized spacial score (nSPS) is 12.2. The highest BCUT2D eigenvalue weighted by atomic mass is 127. The SMILES string of the molecule is CCNC(=O)[C@@H](C)N(Cc1ccc(Cl)cc1Cl)C(=O)CN(c1ccc(I)cc1)S(C)(=O)=O. The van der Waals surface area contributed by atoms with Gasteiger partial charge in [-0.3, -0.25) is 13.9 Å². The molecule has 0 aliphatic heterocycles. The zero-order chi connectivity index (χ0) is 24.1. The molecule has 174 valence electrons. The van der Waals surface area contributed by atoms with E-state index in [-0.39, 0.29) is 12.5 Å². The first kappa shape index (κ1) is 26.7. The van der Waals surface area contributed by atoms with Gasteiger partial charge in [0.05, 0.1) is 11.9 Å². The van der Waals surface area contributed by atoms with Crippen molar-refractivity contribution in [3.63, 3.8) is 0 Å². The van der Waals surface area contributed by atoms with E-state index in [2.05, 4.69) is 27.9 Å². The molecule has 0 radical (unpaired) electrons. The van der Waals surface area contributed by atoms with Crippen molar-refractivity contribution in [3.8, 4) is 0 Å². The molecule has 11 heteroatoms. The molecule has 7 nitrogen and oxygen atoms in total. The summed E-state index contributed by atoms with van der Waals surface area (Å²) >= 11 is 14.4. The van der Waals surface area contributed by atoms with E-state index in [4.69, 9.17) is 23.2 Å². The third-order valence-corrected chi connectivity index (χ3v) is 7.11. The Labute approximate surface area is 212 Å². The van der Waals surface area contributed by atoms with Gasteiger partial charge in [-0.15, -0.1) is 0 Å². The molecule has 1 atom stereocenters. The number of rotatable bonds is 9. The van der Waals surface area contributed by atoms with Crippen molar-refractivity contribution < 1.29 is 18.0 Å². The average Bonchev–Trinajstić information content (AvgIpc) is 2.71. The maximum Gasteiger partial charge on any atom is 0.244 e. The predicted molar refractivity (Wildman–Crippen MR) is 137 cm³/mol. The summed E-state index contributed by atoms with van der Waals surface area (Å²) in [6.45, 7) is 3.30. The highest BCUT2D eigenvalue weighted by Crippen LogP contribution is 2.24. The predicted octanol–water partition coefficient (Wildman–Crippen LogP) is 3.92. The summed E-state index contributed by atoms with van der Waals surface area (Å²) in [6.07, 6.45) is 1.03. The van der Waals surface area contributed by atoms with E-state index in [9.17, 15) is 18.0 Å². The Hall–Kier alpha value is -1.56. The molecule has 0 aliphatic carbocycles. The lowest BCUT2D eigenvalue weighted by Gasteiger charge is -2.31. The first-order chi connectivity index (χ1) is 14.9. The molecule has 0 fully saturated rings. The van der Waals surface area contributed by atoms with Gasteiger partial charge in [0.15, 0.2) is 0 Å². The van der Waals surface area contributed by atoms with Crippen molar-refractivity contribution in [2.75, 3.05) is 23.7 Å². The maximum absolute atomic E-state index is 13.3. The number of anilines is 1. The Balaban J connectivity index is 2.40. The Bertz CT molecular complexity index is 1080. The van der Waals surface area contributed by atoms with Crippen LogP contribution < -0.4 is 9.62 Å². The van der Waals surface area contributed by atoms with E-state index in [0.717, 1.165) is 14.1 Å². The van der Waals surface area contributed by atoms with Gasteiger partial charge in [0.2, 0.25) is 21.8 Å². The van der Waals surface area contributed by atoms with Crippen LogP contribution in [0.2, 0.25) is 10.0 Å². The van der Waals surface area contributed by atoms with Crippen LogP contribution in [0.3, 0.4) is 0 Å². The Kier molecular flexibility index (Phi) is 9.62. The van der Waals surface area contributed by atoms with Crippen LogP contribution in [0.1, 0.15) is 19.4 Å². The average molecular weight is 612 g/mol. The molecule has 2 rings (SSSR count). The van der Waals surface area contributed by atoms with Gasteiger partial charge in [-0.2, -0.15) is 0 Å². The summed E-state index contributed by atoms with van der Waals surface area (Å²) in [4.78, 5) is 27.2. The highest BCUT2D eigenvalue weighted by Gasteiger charge is 2.30. The molecule has 2 amide bonds. The number of benzene rings is 2.